The average Bonchev–Trinajstić information content (AvgIpc) is 2.85. The molecule has 0 radical (unpaired) electrons. The van der Waals surface area contributed by atoms with Crippen LogP contribution in [0.1, 0.15) is 17.0 Å². The minimum absolute atomic E-state index is 0.300. The summed E-state index contributed by atoms with van der Waals surface area (Å²) in [6.07, 6.45) is 3.98. The van der Waals surface area contributed by atoms with Crippen molar-refractivity contribution in [3.8, 4) is 6.07 Å². The Morgan fingerprint density at radius 1 is 1.10 bits per heavy atom. The number of aryl methyl sites for hydroxylation is 1. The Morgan fingerprint density at radius 2 is 1.86 bits per heavy atom. The first kappa shape index (κ1) is 13.1. The van der Waals surface area contributed by atoms with Crippen LogP contribution >= 0.6 is 0 Å². The van der Waals surface area contributed by atoms with E-state index in [0.717, 1.165) is 22.4 Å². The summed E-state index contributed by atoms with van der Waals surface area (Å²) >= 11 is 0. The van der Waals surface area contributed by atoms with E-state index >= 15 is 0 Å². The first-order valence-electron chi connectivity index (χ1n) is 6.85. The minimum atomic E-state index is 0.300. The van der Waals surface area contributed by atoms with Crippen molar-refractivity contribution in [3.63, 3.8) is 0 Å². The van der Waals surface area contributed by atoms with Gasteiger partial charge in [-0.25, -0.2) is 4.98 Å². The highest BCUT2D eigenvalue weighted by Gasteiger charge is 2.07. The summed E-state index contributed by atoms with van der Waals surface area (Å²) in [5.41, 5.74) is 4.26. The number of hydrogen-bond acceptors (Lipinski definition) is 2. The predicted molar refractivity (Wildman–Crippen MR) is 85.5 cm³/mol. The molecule has 2 aromatic carbocycles. The van der Waals surface area contributed by atoms with Crippen LogP contribution in [0.25, 0.3) is 23.2 Å². The topological polar surface area (TPSA) is 41.6 Å². The lowest BCUT2D eigenvalue weighted by atomic mass is 10.1. The number of benzene rings is 2. The Kier molecular flexibility index (Phi) is 3.53. The molecule has 0 amide bonds. The first-order valence-corrected chi connectivity index (χ1v) is 6.85. The molecule has 3 nitrogen and oxygen atoms in total. The van der Waals surface area contributed by atoms with Gasteiger partial charge in [0.2, 0.25) is 0 Å². The van der Waals surface area contributed by atoms with Crippen LogP contribution in [-0.4, -0.2) is 9.55 Å². The smallest absolute Gasteiger partial charge is 0.134 e. The Bertz CT molecular complexity index is 833. The van der Waals surface area contributed by atoms with Crippen molar-refractivity contribution >= 4 is 23.2 Å². The molecule has 3 heteroatoms. The molecule has 1 aromatic heterocycles. The lowest BCUT2D eigenvalue weighted by molar-refractivity contribution is 0.847. The molecular formula is C18H15N3. The molecule has 3 aromatic rings. The molecule has 0 fully saturated rings. The van der Waals surface area contributed by atoms with Crippen molar-refractivity contribution in [1.82, 2.24) is 9.55 Å². The third kappa shape index (κ3) is 2.70. The highest BCUT2D eigenvalue weighted by atomic mass is 15.1. The Morgan fingerprint density at radius 3 is 2.62 bits per heavy atom. The fourth-order valence-corrected chi connectivity index (χ4v) is 2.31. The van der Waals surface area contributed by atoms with Crippen LogP contribution < -0.4 is 0 Å². The maximum absolute atomic E-state index is 9.02. The van der Waals surface area contributed by atoms with Crippen LogP contribution in [0.5, 0.6) is 0 Å². The zero-order valence-corrected chi connectivity index (χ0v) is 11.8. The summed E-state index contributed by atoms with van der Waals surface area (Å²) in [6, 6.07) is 18.4. The largest absolute Gasteiger partial charge is 0.310 e. The normalized spacial score (nSPS) is 11.0. The van der Waals surface area contributed by atoms with Crippen molar-refractivity contribution in [2.24, 2.45) is 0 Å². The summed E-state index contributed by atoms with van der Waals surface area (Å²) in [4.78, 5) is 4.59. The molecule has 3 rings (SSSR count). The molecule has 0 aliphatic rings. The number of aromatic nitrogens is 2. The van der Waals surface area contributed by atoms with Gasteiger partial charge in [0.25, 0.3) is 0 Å². The number of rotatable bonds is 3. The van der Waals surface area contributed by atoms with E-state index in [0.29, 0.717) is 6.54 Å². The van der Waals surface area contributed by atoms with Gasteiger partial charge in [0.1, 0.15) is 12.4 Å². The van der Waals surface area contributed by atoms with Gasteiger partial charge in [0, 0.05) is 0 Å². The fraction of sp³-hybridized carbons (Fsp3) is 0.111. The van der Waals surface area contributed by atoms with Crippen LogP contribution in [0.3, 0.4) is 0 Å². The number of nitrogens with zero attached hydrogens (tertiary/aromatic N) is 3. The molecule has 0 spiro atoms. The van der Waals surface area contributed by atoms with Gasteiger partial charge in [0.15, 0.2) is 0 Å². The number of nitriles is 1. The molecule has 0 aliphatic heterocycles. The van der Waals surface area contributed by atoms with Gasteiger partial charge in [-0.05, 0) is 30.7 Å². The van der Waals surface area contributed by atoms with Crippen LogP contribution in [0.15, 0.2) is 48.5 Å². The van der Waals surface area contributed by atoms with Gasteiger partial charge in [-0.15, -0.1) is 0 Å². The van der Waals surface area contributed by atoms with E-state index in [4.69, 9.17) is 5.26 Å². The quantitative estimate of drug-likeness (QED) is 0.722. The minimum Gasteiger partial charge on any atom is -0.310 e. The molecule has 0 N–H and O–H groups in total. The third-order valence-corrected chi connectivity index (χ3v) is 3.42. The van der Waals surface area contributed by atoms with Gasteiger partial charge in [-0.1, -0.05) is 48.0 Å². The third-order valence-electron chi connectivity index (χ3n) is 3.42. The van der Waals surface area contributed by atoms with Crippen LogP contribution in [0, 0.1) is 18.3 Å². The van der Waals surface area contributed by atoms with Crippen molar-refractivity contribution in [1.29, 1.82) is 5.26 Å². The highest BCUT2D eigenvalue weighted by molar-refractivity contribution is 5.80. The van der Waals surface area contributed by atoms with Crippen LogP contribution in [0.2, 0.25) is 0 Å². The standard InChI is InChI=1S/C18H15N3/c1-14-6-8-15(9-7-14)10-11-18-20-16-4-2-3-5-17(16)21(18)13-12-19/h2-11H,13H2,1H3/b11-10+. The molecule has 102 valence electrons. The van der Waals surface area contributed by atoms with E-state index in [1.54, 1.807) is 0 Å². The number of para-hydroxylation sites is 2. The molecule has 0 saturated heterocycles. The summed E-state index contributed by atoms with van der Waals surface area (Å²) < 4.78 is 1.93. The van der Waals surface area contributed by atoms with Gasteiger partial charge in [-0.3, -0.25) is 0 Å². The van der Waals surface area contributed by atoms with E-state index < -0.39 is 0 Å². The van der Waals surface area contributed by atoms with E-state index in [-0.39, 0.29) is 0 Å². The maximum atomic E-state index is 9.02. The molecule has 0 aliphatic carbocycles. The summed E-state index contributed by atoms with van der Waals surface area (Å²) in [7, 11) is 0. The zero-order chi connectivity index (χ0) is 14.7. The molecule has 0 bridgehead atoms. The van der Waals surface area contributed by atoms with E-state index in [1.165, 1.54) is 5.56 Å². The predicted octanol–water partition coefficient (Wildman–Crippen LogP) is 4.04. The highest BCUT2D eigenvalue weighted by Crippen LogP contribution is 2.18. The maximum Gasteiger partial charge on any atom is 0.134 e. The second-order valence-electron chi connectivity index (χ2n) is 4.95. The molecule has 21 heavy (non-hydrogen) atoms. The van der Waals surface area contributed by atoms with Crippen molar-refractivity contribution in [2.45, 2.75) is 13.5 Å². The van der Waals surface area contributed by atoms with Crippen molar-refractivity contribution in [3.05, 3.63) is 65.5 Å². The summed E-state index contributed by atoms with van der Waals surface area (Å²) in [6.45, 7) is 2.37. The SMILES string of the molecule is Cc1ccc(/C=C/c2nc3ccccc3n2CC#N)cc1. The molecule has 0 saturated carbocycles. The van der Waals surface area contributed by atoms with Gasteiger partial charge < -0.3 is 4.57 Å². The second kappa shape index (κ2) is 5.64. The molecule has 0 unspecified atom stereocenters. The van der Waals surface area contributed by atoms with Crippen molar-refractivity contribution < 1.29 is 0 Å². The Labute approximate surface area is 123 Å². The molecule has 1 heterocycles. The molecule has 0 atom stereocenters. The number of imidazole rings is 1. The van der Waals surface area contributed by atoms with Gasteiger partial charge in [0.05, 0.1) is 17.1 Å². The van der Waals surface area contributed by atoms with Gasteiger partial charge in [-0.2, -0.15) is 5.26 Å². The zero-order valence-electron chi connectivity index (χ0n) is 11.8. The Hall–Kier alpha value is -2.86. The van der Waals surface area contributed by atoms with E-state index in [9.17, 15) is 0 Å². The monoisotopic (exact) mass is 273 g/mol. The lowest BCUT2D eigenvalue weighted by Crippen LogP contribution is -1.98. The van der Waals surface area contributed by atoms with Crippen molar-refractivity contribution in [2.75, 3.05) is 0 Å². The number of fused-ring (bicyclic) bond motifs is 1. The van der Waals surface area contributed by atoms with Crippen LogP contribution in [0.4, 0.5) is 0 Å². The Balaban J connectivity index is 2.01. The van der Waals surface area contributed by atoms with E-state index in [1.807, 2.05) is 41.0 Å². The lowest BCUT2D eigenvalue weighted by Gasteiger charge is -2.00. The average molecular weight is 273 g/mol. The fourth-order valence-electron chi connectivity index (χ4n) is 2.31. The summed E-state index contributed by atoms with van der Waals surface area (Å²) in [5.74, 6) is 0.804. The van der Waals surface area contributed by atoms with Gasteiger partial charge >= 0.3 is 0 Å². The molecular weight excluding hydrogens is 258 g/mol. The summed E-state index contributed by atoms with van der Waals surface area (Å²) in [5, 5.41) is 9.02. The number of hydrogen-bond donors (Lipinski definition) is 0. The van der Waals surface area contributed by atoms with E-state index in [2.05, 4.69) is 42.2 Å². The first-order chi connectivity index (χ1) is 10.3. The second-order valence-corrected chi connectivity index (χ2v) is 4.95. The van der Waals surface area contributed by atoms with Crippen LogP contribution in [-0.2, 0) is 6.54 Å².